The van der Waals surface area contributed by atoms with Crippen LogP contribution in [0.25, 0.3) is 0 Å². The van der Waals surface area contributed by atoms with Gasteiger partial charge in [0.2, 0.25) is 0 Å². The highest BCUT2D eigenvalue weighted by Crippen LogP contribution is 2.24. The molecule has 0 aromatic carbocycles. The van der Waals surface area contributed by atoms with Crippen LogP contribution in [0.3, 0.4) is 0 Å². The Morgan fingerprint density at radius 1 is 1.43 bits per heavy atom. The van der Waals surface area contributed by atoms with Crippen molar-refractivity contribution in [2.24, 2.45) is 13.0 Å². The maximum absolute atomic E-state index is 11.8. The average molecular weight is 337 g/mol. The summed E-state index contributed by atoms with van der Waals surface area (Å²) in [5.41, 5.74) is 0.733. The third-order valence-corrected chi connectivity index (χ3v) is 5.61. The number of likely N-dealkylation sites (tertiary alicyclic amines) is 1. The molecule has 0 amide bonds. The van der Waals surface area contributed by atoms with Gasteiger partial charge in [-0.25, -0.2) is 13.4 Å². The minimum Gasteiger partial charge on any atom is -0.337 e. The van der Waals surface area contributed by atoms with Crippen molar-refractivity contribution in [3.8, 4) is 0 Å². The molecule has 1 N–H and O–H groups in total. The first-order chi connectivity index (χ1) is 10.9. The molecule has 0 unspecified atom stereocenters. The summed E-state index contributed by atoms with van der Waals surface area (Å²) in [7, 11) is -1.22. The molecule has 8 heteroatoms. The molecule has 1 aliphatic heterocycles. The van der Waals surface area contributed by atoms with Crippen molar-refractivity contribution >= 4 is 9.84 Å². The number of aryl methyl sites for hydroxylation is 1. The summed E-state index contributed by atoms with van der Waals surface area (Å²) in [4.78, 5) is 7.11. The molecule has 23 heavy (non-hydrogen) atoms. The van der Waals surface area contributed by atoms with Crippen molar-refractivity contribution in [3.63, 3.8) is 0 Å². The Morgan fingerprint density at radius 3 is 2.96 bits per heavy atom. The van der Waals surface area contributed by atoms with Crippen LogP contribution in [0.1, 0.15) is 24.4 Å². The van der Waals surface area contributed by atoms with Crippen LogP contribution in [0, 0.1) is 5.92 Å². The van der Waals surface area contributed by atoms with Gasteiger partial charge in [0.15, 0.2) is 9.84 Å². The van der Waals surface area contributed by atoms with E-state index in [9.17, 15) is 8.42 Å². The highest BCUT2D eigenvalue weighted by Gasteiger charge is 2.24. The molecular formula is C15H23N5O2S. The molecule has 1 aliphatic rings. The smallest absolute Gasteiger partial charge is 0.178 e. The molecule has 1 saturated heterocycles. The standard InChI is InChI=1S/C15H23N5O2S/c1-19-7-5-16-15(19)11-20-6-3-4-12(10-20)8-13-14(9-17-18-13)23(2,21)22/h5,7,9,12H,3-4,6,8,10-11H2,1-2H3,(H,17,18)/t12-/m0/s1. The fraction of sp³-hybridized carbons (Fsp3) is 0.600. The lowest BCUT2D eigenvalue weighted by Gasteiger charge is -2.32. The molecule has 1 atom stereocenters. The fourth-order valence-electron chi connectivity index (χ4n) is 3.27. The molecule has 126 valence electrons. The summed E-state index contributed by atoms with van der Waals surface area (Å²) >= 11 is 0. The lowest BCUT2D eigenvalue weighted by molar-refractivity contribution is 0.161. The van der Waals surface area contributed by atoms with Crippen molar-refractivity contribution in [1.82, 2.24) is 24.6 Å². The van der Waals surface area contributed by atoms with Crippen molar-refractivity contribution < 1.29 is 8.42 Å². The number of piperidine rings is 1. The lowest BCUT2D eigenvalue weighted by atomic mass is 9.93. The number of nitrogens with one attached hydrogen (secondary N) is 1. The first-order valence-electron chi connectivity index (χ1n) is 7.84. The Labute approximate surface area is 136 Å². The summed E-state index contributed by atoms with van der Waals surface area (Å²) in [6.07, 6.45) is 9.38. The zero-order chi connectivity index (χ0) is 16.4. The van der Waals surface area contributed by atoms with E-state index in [2.05, 4.69) is 20.1 Å². The van der Waals surface area contributed by atoms with Crippen LogP contribution < -0.4 is 0 Å². The van der Waals surface area contributed by atoms with Gasteiger partial charge in [-0.05, 0) is 31.7 Å². The molecule has 1 fully saturated rings. The number of hydrogen-bond donors (Lipinski definition) is 1. The van der Waals surface area contributed by atoms with Crippen molar-refractivity contribution in [3.05, 3.63) is 30.1 Å². The molecule has 0 bridgehead atoms. The van der Waals surface area contributed by atoms with E-state index in [4.69, 9.17) is 0 Å². The number of H-pyrrole nitrogens is 1. The Bertz CT molecular complexity index is 764. The van der Waals surface area contributed by atoms with E-state index >= 15 is 0 Å². The predicted octanol–water partition coefficient (Wildman–Crippen LogP) is 1.00. The molecule has 2 aromatic rings. The average Bonchev–Trinajstić information content (AvgIpc) is 3.09. The van der Waals surface area contributed by atoms with E-state index < -0.39 is 9.84 Å². The number of aromatic nitrogens is 4. The second-order valence-electron chi connectivity index (χ2n) is 6.39. The minimum atomic E-state index is -3.22. The Balaban J connectivity index is 1.65. The SMILES string of the molecule is Cn1ccnc1CN1CCC[C@@H](Cc2[nH]ncc2S(C)(=O)=O)C1. The van der Waals surface area contributed by atoms with E-state index in [0.717, 1.165) is 50.4 Å². The molecule has 3 heterocycles. The van der Waals surface area contributed by atoms with Gasteiger partial charge in [-0.2, -0.15) is 5.10 Å². The predicted molar refractivity (Wildman–Crippen MR) is 86.6 cm³/mol. The van der Waals surface area contributed by atoms with Gasteiger partial charge in [0.1, 0.15) is 10.7 Å². The largest absolute Gasteiger partial charge is 0.337 e. The molecule has 0 radical (unpaired) electrons. The van der Waals surface area contributed by atoms with E-state index in [1.165, 1.54) is 12.5 Å². The molecule has 3 rings (SSSR count). The first-order valence-corrected chi connectivity index (χ1v) is 9.73. The highest BCUT2D eigenvalue weighted by atomic mass is 32.2. The third-order valence-electron chi connectivity index (χ3n) is 4.46. The second kappa shape index (κ2) is 6.45. The number of aromatic amines is 1. The van der Waals surface area contributed by atoms with Gasteiger partial charge in [-0.1, -0.05) is 0 Å². The van der Waals surface area contributed by atoms with Crippen LogP contribution in [0.2, 0.25) is 0 Å². The topological polar surface area (TPSA) is 83.9 Å². The van der Waals surface area contributed by atoms with Crippen LogP contribution in [-0.2, 0) is 29.9 Å². The zero-order valence-corrected chi connectivity index (χ0v) is 14.4. The fourth-order valence-corrected chi connectivity index (χ4v) is 4.09. The maximum atomic E-state index is 11.8. The number of nitrogens with zero attached hydrogens (tertiary/aromatic N) is 4. The normalized spacial score (nSPS) is 20.0. The van der Waals surface area contributed by atoms with Gasteiger partial charge in [0.25, 0.3) is 0 Å². The van der Waals surface area contributed by atoms with E-state index in [1.807, 2.05) is 24.0 Å². The van der Waals surface area contributed by atoms with Gasteiger partial charge < -0.3 is 4.57 Å². The van der Waals surface area contributed by atoms with Gasteiger partial charge >= 0.3 is 0 Å². The quantitative estimate of drug-likeness (QED) is 0.880. The van der Waals surface area contributed by atoms with Crippen LogP contribution in [0.5, 0.6) is 0 Å². The number of hydrogen-bond acceptors (Lipinski definition) is 5. The summed E-state index contributed by atoms with van der Waals surface area (Å²) in [6, 6.07) is 0. The molecule has 0 aliphatic carbocycles. The Hall–Kier alpha value is -1.67. The van der Waals surface area contributed by atoms with Crippen molar-refractivity contribution in [1.29, 1.82) is 0 Å². The first kappa shape index (κ1) is 16.2. The lowest BCUT2D eigenvalue weighted by Crippen LogP contribution is -2.36. The van der Waals surface area contributed by atoms with Gasteiger partial charge in [-0.3, -0.25) is 10.00 Å². The summed E-state index contributed by atoms with van der Waals surface area (Å²) < 4.78 is 25.6. The Morgan fingerprint density at radius 2 is 2.26 bits per heavy atom. The van der Waals surface area contributed by atoms with Crippen LogP contribution in [0.4, 0.5) is 0 Å². The Kier molecular flexibility index (Phi) is 4.54. The molecule has 0 saturated carbocycles. The van der Waals surface area contributed by atoms with E-state index in [0.29, 0.717) is 10.8 Å². The van der Waals surface area contributed by atoms with E-state index in [-0.39, 0.29) is 0 Å². The summed E-state index contributed by atoms with van der Waals surface area (Å²) in [6.45, 7) is 2.85. The molecular weight excluding hydrogens is 314 g/mol. The number of rotatable bonds is 5. The van der Waals surface area contributed by atoms with Crippen molar-refractivity contribution in [2.45, 2.75) is 30.7 Å². The third kappa shape index (κ3) is 3.81. The number of sulfone groups is 1. The second-order valence-corrected chi connectivity index (χ2v) is 8.37. The van der Waals surface area contributed by atoms with Crippen molar-refractivity contribution in [2.75, 3.05) is 19.3 Å². The molecule has 7 nitrogen and oxygen atoms in total. The van der Waals surface area contributed by atoms with Gasteiger partial charge in [-0.15, -0.1) is 0 Å². The maximum Gasteiger partial charge on any atom is 0.178 e. The van der Waals surface area contributed by atoms with Crippen LogP contribution in [0.15, 0.2) is 23.5 Å². The van der Waals surface area contributed by atoms with Crippen LogP contribution in [-0.4, -0.2) is 52.4 Å². The molecule has 2 aromatic heterocycles. The minimum absolute atomic E-state index is 0.332. The summed E-state index contributed by atoms with van der Waals surface area (Å²) in [5, 5.41) is 6.78. The van der Waals surface area contributed by atoms with Crippen LogP contribution >= 0.6 is 0 Å². The monoisotopic (exact) mass is 337 g/mol. The number of imidazole rings is 1. The molecule has 0 spiro atoms. The zero-order valence-electron chi connectivity index (χ0n) is 13.6. The highest BCUT2D eigenvalue weighted by molar-refractivity contribution is 7.90. The summed E-state index contributed by atoms with van der Waals surface area (Å²) in [5.74, 6) is 1.49. The van der Waals surface area contributed by atoms with Gasteiger partial charge in [0, 0.05) is 32.2 Å². The van der Waals surface area contributed by atoms with E-state index in [1.54, 1.807) is 0 Å². The van der Waals surface area contributed by atoms with Gasteiger partial charge in [0.05, 0.1) is 18.4 Å².